The SMILES string of the molecule is Cn1c(=O)n(C2SC(=O)CC2=O)c2ccccc21. The largest absolute Gasteiger partial charge is 0.330 e. The Kier molecular flexibility index (Phi) is 2.41. The van der Waals surface area contributed by atoms with Crippen LogP contribution < -0.4 is 5.69 Å². The summed E-state index contributed by atoms with van der Waals surface area (Å²) < 4.78 is 2.90. The molecule has 2 heterocycles. The van der Waals surface area contributed by atoms with Gasteiger partial charge in [0, 0.05) is 7.05 Å². The highest BCUT2D eigenvalue weighted by Crippen LogP contribution is 2.35. The minimum Gasteiger partial charge on any atom is -0.296 e. The third kappa shape index (κ3) is 1.45. The van der Waals surface area contributed by atoms with Gasteiger partial charge in [0.05, 0.1) is 17.5 Å². The number of carbonyl (C=O) groups is 2. The topological polar surface area (TPSA) is 61.1 Å². The molecule has 0 N–H and O–H groups in total. The van der Waals surface area contributed by atoms with Crippen molar-refractivity contribution in [3.8, 4) is 0 Å². The maximum Gasteiger partial charge on any atom is 0.330 e. The Hall–Kier alpha value is -1.82. The molecule has 0 aliphatic carbocycles. The maximum absolute atomic E-state index is 12.2. The van der Waals surface area contributed by atoms with Crippen LogP contribution in [0.15, 0.2) is 29.1 Å². The standard InChI is InChI=1S/C12H10N2O3S/c1-13-7-4-2-3-5-8(7)14(12(13)17)11-9(15)6-10(16)18-11/h2-5,11H,6H2,1H3. The number of thioether (sulfide) groups is 1. The van der Waals surface area contributed by atoms with E-state index in [1.54, 1.807) is 13.1 Å². The van der Waals surface area contributed by atoms with E-state index in [4.69, 9.17) is 0 Å². The number of carbonyl (C=O) groups excluding carboxylic acids is 2. The second kappa shape index (κ2) is 3.84. The Morgan fingerprint density at radius 1 is 1.17 bits per heavy atom. The van der Waals surface area contributed by atoms with Crippen molar-refractivity contribution < 1.29 is 9.59 Å². The van der Waals surface area contributed by atoms with E-state index in [1.807, 2.05) is 18.2 Å². The fourth-order valence-electron chi connectivity index (χ4n) is 2.20. The first-order valence-corrected chi connectivity index (χ1v) is 6.35. The van der Waals surface area contributed by atoms with Crippen LogP contribution in [0.1, 0.15) is 11.8 Å². The second-order valence-electron chi connectivity index (χ2n) is 4.19. The van der Waals surface area contributed by atoms with Crippen molar-refractivity contribution in [2.45, 2.75) is 11.8 Å². The molecule has 2 aromatic rings. The van der Waals surface area contributed by atoms with Crippen LogP contribution in [0.25, 0.3) is 11.0 Å². The van der Waals surface area contributed by atoms with E-state index in [0.29, 0.717) is 5.52 Å². The molecule has 6 heteroatoms. The molecule has 1 atom stereocenters. The Bertz CT molecular complexity index is 728. The van der Waals surface area contributed by atoms with Gasteiger partial charge in [-0.2, -0.15) is 0 Å². The molecule has 5 nitrogen and oxygen atoms in total. The van der Waals surface area contributed by atoms with Gasteiger partial charge < -0.3 is 0 Å². The smallest absolute Gasteiger partial charge is 0.296 e. The number of hydrogen-bond donors (Lipinski definition) is 0. The van der Waals surface area contributed by atoms with Gasteiger partial charge in [0.2, 0.25) is 0 Å². The fourth-order valence-corrected chi connectivity index (χ4v) is 3.20. The van der Waals surface area contributed by atoms with Crippen LogP contribution in [-0.2, 0) is 16.6 Å². The van der Waals surface area contributed by atoms with Crippen molar-refractivity contribution in [3.63, 3.8) is 0 Å². The molecule has 3 rings (SSSR count). The highest BCUT2D eigenvalue weighted by Gasteiger charge is 2.35. The summed E-state index contributed by atoms with van der Waals surface area (Å²) >= 11 is 0.930. The summed E-state index contributed by atoms with van der Waals surface area (Å²) in [5.74, 6) is -0.205. The van der Waals surface area contributed by atoms with E-state index in [1.165, 1.54) is 9.13 Å². The van der Waals surface area contributed by atoms with Crippen molar-refractivity contribution in [1.29, 1.82) is 0 Å². The van der Waals surface area contributed by atoms with Crippen LogP contribution >= 0.6 is 11.8 Å². The summed E-state index contributed by atoms with van der Waals surface area (Å²) in [5, 5.41) is -0.888. The van der Waals surface area contributed by atoms with Crippen LogP contribution in [0.5, 0.6) is 0 Å². The molecule has 0 radical (unpaired) electrons. The second-order valence-corrected chi connectivity index (χ2v) is 5.32. The van der Waals surface area contributed by atoms with E-state index in [9.17, 15) is 14.4 Å². The van der Waals surface area contributed by atoms with Gasteiger partial charge >= 0.3 is 5.69 Å². The molecule has 1 saturated heterocycles. The number of nitrogens with zero attached hydrogens (tertiary/aromatic N) is 2. The summed E-state index contributed by atoms with van der Waals surface area (Å²) in [4.78, 5) is 35.3. The van der Waals surface area contributed by atoms with Crippen LogP contribution in [0, 0.1) is 0 Å². The lowest BCUT2D eigenvalue weighted by Crippen LogP contribution is -2.26. The molecule has 92 valence electrons. The van der Waals surface area contributed by atoms with Crippen LogP contribution in [0.4, 0.5) is 0 Å². The van der Waals surface area contributed by atoms with E-state index < -0.39 is 5.37 Å². The molecule has 0 bridgehead atoms. The van der Waals surface area contributed by atoms with Gasteiger partial charge in [0.15, 0.2) is 16.3 Å². The van der Waals surface area contributed by atoms with Gasteiger partial charge in [0.25, 0.3) is 0 Å². The zero-order valence-electron chi connectivity index (χ0n) is 9.62. The summed E-state index contributed by atoms with van der Waals surface area (Å²) in [6.45, 7) is 0. The summed E-state index contributed by atoms with van der Waals surface area (Å²) in [5.41, 5.74) is 1.18. The highest BCUT2D eigenvalue weighted by molar-refractivity contribution is 8.15. The molecular weight excluding hydrogens is 252 g/mol. The Balaban J connectivity index is 2.30. The molecule has 0 amide bonds. The lowest BCUT2D eigenvalue weighted by molar-refractivity contribution is -0.122. The number of rotatable bonds is 1. The maximum atomic E-state index is 12.2. The van der Waals surface area contributed by atoms with Crippen molar-refractivity contribution in [2.75, 3.05) is 0 Å². The fraction of sp³-hybridized carbons (Fsp3) is 0.250. The summed E-state index contributed by atoms with van der Waals surface area (Å²) in [6.07, 6.45) is -0.0923. The number of para-hydroxylation sites is 2. The number of aromatic nitrogens is 2. The van der Waals surface area contributed by atoms with Gasteiger partial charge in [-0.1, -0.05) is 23.9 Å². The third-order valence-electron chi connectivity index (χ3n) is 3.07. The van der Waals surface area contributed by atoms with Crippen molar-refractivity contribution in [3.05, 3.63) is 34.7 Å². The number of imidazole rings is 1. The molecule has 1 aliphatic heterocycles. The monoisotopic (exact) mass is 262 g/mol. The quantitative estimate of drug-likeness (QED) is 0.721. The first-order valence-electron chi connectivity index (χ1n) is 5.48. The van der Waals surface area contributed by atoms with E-state index in [2.05, 4.69) is 0 Å². The lowest BCUT2D eigenvalue weighted by atomic mass is 10.3. The molecule has 18 heavy (non-hydrogen) atoms. The van der Waals surface area contributed by atoms with E-state index in [-0.39, 0.29) is 23.0 Å². The zero-order chi connectivity index (χ0) is 12.9. The number of Topliss-reactive ketones (excluding diaryl/α,β-unsaturated/α-hetero) is 1. The van der Waals surface area contributed by atoms with Gasteiger partial charge in [-0.05, 0) is 12.1 Å². The predicted molar refractivity (Wildman–Crippen MR) is 68.4 cm³/mol. The van der Waals surface area contributed by atoms with Crippen molar-refractivity contribution >= 4 is 33.7 Å². The molecule has 0 spiro atoms. The summed E-state index contributed by atoms with van der Waals surface area (Å²) in [6, 6.07) is 7.25. The molecule has 0 saturated carbocycles. The average Bonchev–Trinajstić information content (AvgIpc) is 2.79. The summed E-state index contributed by atoms with van der Waals surface area (Å²) in [7, 11) is 1.66. The highest BCUT2D eigenvalue weighted by atomic mass is 32.2. The van der Waals surface area contributed by atoms with Gasteiger partial charge in [-0.15, -0.1) is 0 Å². The van der Waals surface area contributed by atoms with E-state index in [0.717, 1.165) is 17.3 Å². The van der Waals surface area contributed by atoms with E-state index >= 15 is 0 Å². The number of aryl methyl sites for hydroxylation is 1. The molecule has 1 aliphatic rings. The Morgan fingerprint density at radius 2 is 1.83 bits per heavy atom. The van der Waals surface area contributed by atoms with Gasteiger partial charge in [-0.25, -0.2) is 4.79 Å². The van der Waals surface area contributed by atoms with Crippen molar-refractivity contribution in [2.24, 2.45) is 7.05 Å². The minimum atomic E-state index is -0.712. The number of hydrogen-bond acceptors (Lipinski definition) is 4. The number of ketones is 1. The van der Waals surface area contributed by atoms with Crippen LogP contribution in [0.2, 0.25) is 0 Å². The van der Waals surface area contributed by atoms with Gasteiger partial charge in [0.1, 0.15) is 0 Å². The Labute approximate surface area is 106 Å². The first-order chi connectivity index (χ1) is 8.59. The van der Waals surface area contributed by atoms with Gasteiger partial charge in [-0.3, -0.25) is 18.7 Å². The Morgan fingerprint density at radius 3 is 2.44 bits per heavy atom. The molecule has 1 aromatic heterocycles. The lowest BCUT2D eigenvalue weighted by Gasteiger charge is -2.07. The zero-order valence-corrected chi connectivity index (χ0v) is 10.4. The first kappa shape index (κ1) is 11.3. The van der Waals surface area contributed by atoms with Crippen LogP contribution in [0.3, 0.4) is 0 Å². The normalized spacial score (nSPS) is 19.9. The van der Waals surface area contributed by atoms with Crippen LogP contribution in [-0.4, -0.2) is 20.0 Å². The predicted octanol–water partition coefficient (Wildman–Crippen LogP) is 1.07. The molecule has 1 unspecified atom stereocenters. The minimum absolute atomic E-state index is 0.0923. The third-order valence-corrected chi connectivity index (χ3v) is 4.17. The molecule has 1 aromatic carbocycles. The average molecular weight is 262 g/mol. The molecule has 1 fully saturated rings. The van der Waals surface area contributed by atoms with Crippen molar-refractivity contribution in [1.82, 2.24) is 9.13 Å². The molecular formula is C12H10N2O3S. The number of fused-ring (bicyclic) bond motifs is 1. The number of benzene rings is 1.